The van der Waals surface area contributed by atoms with Gasteiger partial charge in [-0.3, -0.25) is 0 Å². The molecule has 2 N–H and O–H groups in total. The lowest BCUT2D eigenvalue weighted by molar-refractivity contribution is 0.720. The molecule has 1 atom stereocenters. The van der Waals surface area contributed by atoms with Gasteiger partial charge in [0.05, 0.1) is 0 Å². The predicted molar refractivity (Wildman–Crippen MR) is 56.5 cm³/mol. The van der Waals surface area contributed by atoms with E-state index in [1.807, 2.05) is 19.1 Å². The summed E-state index contributed by atoms with van der Waals surface area (Å²) in [6, 6.07) is 4.02. The molecule has 0 radical (unpaired) electrons. The van der Waals surface area contributed by atoms with Gasteiger partial charge < -0.3 is 5.73 Å². The van der Waals surface area contributed by atoms with E-state index in [1.165, 1.54) is 6.33 Å². The summed E-state index contributed by atoms with van der Waals surface area (Å²) in [6.07, 6.45) is 5.64. The van der Waals surface area contributed by atoms with E-state index < -0.39 is 0 Å². The molecular weight excluding hydrogens is 190 g/mol. The zero-order valence-electron chi connectivity index (χ0n) is 8.54. The third-order valence-electron chi connectivity index (χ3n) is 2.05. The molecule has 0 bridgehead atoms. The quantitative estimate of drug-likeness (QED) is 0.791. The first-order valence-corrected chi connectivity index (χ1v) is 4.82. The molecule has 0 saturated heterocycles. The highest BCUT2D eigenvalue weighted by Gasteiger charge is 2.07. The Morgan fingerprint density at radius 1 is 1.53 bits per heavy atom. The van der Waals surface area contributed by atoms with Crippen molar-refractivity contribution in [1.29, 1.82) is 0 Å². The molecule has 0 amide bonds. The molecule has 0 fully saturated rings. The van der Waals surface area contributed by atoms with Gasteiger partial charge in [0.2, 0.25) is 0 Å². The van der Waals surface area contributed by atoms with Gasteiger partial charge in [0.25, 0.3) is 0 Å². The van der Waals surface area contributed by atoms with Crippen LogP contribution in [0.4, 0.5) is 0 Å². The summed E-state index contributed by atoms with van der Waals surface area (Å²) in [4.78, 5) is 8.18. The summed E-state index contributed by atoms with van der Waals surface area (Å²) in [5.74, 6) is 0.798. The number of aromatic nitrogens is 4. The van der Waals surface area contributed by atoms with Crippen LogP contribution in [0.5, 0.6) is 0 Å². The van der Waals surface area contributed by atoms with E-state index in [-0.39, 0.29) is 6.04 Å². The second-order valence-electron chi connectivity index (χ2n) is 3.51. The van der Waals surface area contributed by atoms with Crippen molar-refractivity contribution in [3.63, 3.8) is 0 Å². The lowest BCUT2D eigenvalue weighted by Crippen LogP contribution is -2.19. The molecule has 0 saturated carbocycles. The molecule has 15 heavy (non-hydrogen) atoms. The van der Waals surface area contributed by atoms with Crippen LogP contribution in [0, 0.1) is 0 Å². The van der Waals surface area contributed by atoms with Gasteiger partial charge in [-0.25, -0.2) is 14.6 Å². The molecule has 2 heterocycles. The molecule has 0 aliphatic rings. The van der Waals surface area contributed by atoms with E-state index in [0.29, 0.717) is 0 Å². The molecule has 2 aromatic heterocycles. The van der Waals surface area contributed by atoms with E-state index in [2.05, 4.69) is 15.1 Å². The first kappa shape index (κ1) is 9.79. The van der Waals surface area contributed by atoms with Gasteiger partial charge in [0, 0.05) is 12.2 Å². The van der Waals surface area contributed by atoms with E-state index >= 15 is 0 Å². The largest absolute Gasteiger partial charge is 0.328 e. The van der Waals surface area contributed by atoms with Crippen molar-refractivity contribution in [1.82, 2.24) is 19.7 Å². The fraction of sp³-hybridized carbons (Fsp3) is 0.300. The summed E-state index contributed by atoms with van der Waals surface area (Å²) < 4.78 is 1.65. The average molecular weight is 203 g/mol. The lowest BCUT2D eigenvalue weighted by Gasteiger charge is -2.09. The van der Waals surface area contributed by atoms with Crippen LogP contribution in [-0.2, 0) is 6.42 Å². The Labute approximate surface area is 88.0 Å². The van der Waals surface area contributed by atoms with Crippen LogP contribution >= 0.6 is 0 Å². The monoisotopic (exact) mass is 203 g/mol. The maximum atomic E-state index is 5.77. The van der Waals surface area contributed by atoms with Crippen molar-refractivity contribution in [2.24, 2.45) is 5.73 Å². The van der Waals surface area contributed by atoms with Gasteiger partial charge in [-0.2, -0.15) is 5.10 Å². The zero-order chi connectivity index (χ0) is 10.7. The van der Waals surface area contributed by atoms with Crippen LogP contribution in [-0.4, -0.2) is 25.8 Å². The van der Waals surface area contributed by atoms with Crippen molar-refractivity contribution in [2.45, 2.75) is 19.4 Å². The molecule has 0 aromatic carbocycles. The Morgan fingerprint density at radius 2 is 2.40 bits per heavy atom. The van der Waals surface area contributed by atoms with Crippen LogP contribution in [0.2, 0.25) is 0 Å². The number of pyridine rings is 1. The molecule has 0 aliphatic carbocycles. The topological polar surface area (TPSA) is 69.6 Å². The lowest BCUT2D eigenvalue weighted by atomic mass is 10.1. The first-order chi connectivity index (χ1) is 7.27. The number of nitrogens with two attached hydrogens (primary N) is 1. The van der Waals surface area contributed by atoms with E-state index in [9.17, 15) is 0 Å². The Morgan fingerprint density at radius 3 is 3.07 bits per heavy atom. The van der Waals surface area contributed by atoms with Crippen LogP contribution < -0.4 is 5.73 Å². The van der Waals surface area contributed by atoms with Crippen LogP contribution in [0.25, 0.3) is 5.82 Å². The van der Waals surface area contributed by atoms with Crippen molar-refractivity contribution in [3.8, 4) is 5.82 Å². The third-order valence-corrected chi connectivity index (χ3v) is 2.05. The van der Waals surface area contributed by atoms with Crippen molar-refractivity contribution in [2.75, 3.05) is 0 Å². The van der Waals surface area contributed by atoms with Crippen molar-refractivity contribution < 1.29 is 0 Å². The minimum absolute atomic E-state index is 0.108. The number of hydrogen-bond acceptors (Lipinski definition) is 4. The predicted octanol–water partition coefficient (Wildman–Crippen LogP) is 0.552. The van der Waals surface area contributed by atoms with Crippen molar-refractivity contribution >= 4 is 0 Å². The fourth-order valence-electron chi connectivity index (χ4n) is 1.46. The molecule has 2 rings (SSSR count). The summed E-state index contributed by atoms with van der Waals surface area (Å²) in [5.41, 5.74) is 6.86. The van der Waals surface area contributed by atoms with Crippen molar-refractivity contribution in [3.05, 3.63) is 36.5 Å². The second kappa shape index (κ2) is 4.18. The smallest absolute Gasteiger partial charge is 0.158 e. The first-order valence-electron chi connectivity index (χ1n) is 4.82. The molecule has 78 valence electrons. The molecule has 0 aliphatic heterocycles. The molecule has 5 heteroatoms. The molecular formula is C10H13N5. The van der Waals surface area contributed by atoms with Gasteiger partial charge in [0.1, 0.15) is 12.7 Å². The Kier molecular flexibility index (Phi) is 2.73. The van der Waals surface area contributed by atoms with Gasteiger partial charge in [-0.15, -0.1) is 0 Å². The van der Waals surface area contributed by atoms with Gasteiger partial charge in [0.15, 0.2) is 5.82 Å². The van der Waals surface area contributed by atoms with E-state index in [0.717, 1.165) is 17.8 Å². The van der Waals surface area contributed by atoms with Gasteiger partial charge in [-0.05, 0) is 25.0 Å². The number of nitrogens with zero attached hydrogens (tertiary/aromatic N) is 4. The van der Waals surface area contributed by atoms with Crippen LogP contribution in [0.15, 0.2) is 31.0 Å². The van der Waals surface area contributed by atoms with Gasteiger partial charge >= 0.3 is 0 Å². The number of hydrogen-bond donors (Lipinski definition) is 1. The fourth-order valence-corrected chi connectivity index (χ4v) is 1.46. The molecule has 0 spiro atoms. The summed E-state index contributed by atoms with van der Waals surface area (Å²) in [7, 11) is 0. The third kappa shape index (κ3) is 2.19. The molecule has 5 nitrogen and oxygen atoms in total. The van der Waals surface area contributed by atoms with Crippen LogP contribution in [0.1, 0.15) is 12.5 Å². The standard InChI is InChI=1S/C10H13N5/c1-8(11)5-9-3-2-4-13-10(9)15-7-12-6-14-15/h2-4,6-8H,5,11H2,1H3. The van der Waals surface area contributed by atoms with E-state index in [1.54, 1.807) is 17.2 Å². The Balaban J connectivity index is 2.38. The highest BCUT2D eigenvalue weighted by atomic mass is 15.3. The minimum Gasteiger partial charge on any atom is -0.328 e. The maximum Gasteiger partial charge on any atom is 0.158 e. The summed E-state index contributed by atoms with van der Waals surface area (Å²) in [6.45, 7) is 1.97. The Hall–Kier alpha value is -1.75. The molecule has 2 aromatic rings. The highest BCUT2D eigenvalue weighted by molar-refractivity contribution is 5.32. The number of rotatable bonds is 3. The Bertz CT molecular complexity index is 421. The zero-order valence-corrected chi connectivity index (χ0v) is 8.54. The summed E-state index contributed by atoms with van der Waals surface area (Å²) in [5, 5.41) is 4.06. The normalized spacial score (nSPS) is 12.7. The van der Waals surface area contributed by atoms with Gasteiger partial charge in [-0.1, -0.05) is 6.07 Å². The van der Waals surface area contributed by atoms with E-state index in [4.69, 9.17) is 5.73 Å². The molecule has 1 unspecified atom stereocenters. The SMILES string of the molecule is CC(N)Cc1cccnc1-n1cncn1. The summed E-state index contributed by atoms with van der Waals surface area (Å²) >= 11 is 0. The van der Waals surface area contributed by atoms with Crippen LogP contribution in [0.3, 0.4) is 0 Å². The maximum absolute atomic E-state index is 5.77. The second-order valence-corrected chi connectivity index (χ2v) is 3.51. The minimum atomic E-state index is 0.108. The average Bonchev–Trinajstić information content (AvgIpc) is 2.70. The highest BCUT2D eigenvalue weighted by Crippen LogP contribution is 2.11.